The molecule has 0 amide bonds. The third-order valence-electron chi connectivity index (χ3n) is 10.9. The first-order valence-corrected chi connectivity index (χ1v) is 19.3. The summed E-state index contributed by atoms with van der Waals surface area (Å²) in [6.45, 7) is 0. The summed E-state index contributed by atoms with van der Waals surface area (Å²) in [5.74, 6) is 1.26. The van der Waals surface area contributed by atoms with Crippen LogP contribution in [0.25, 0.3) is 78.0 Å². The molecule has 0 bridgehead atoms. The molecule has 0 aliphatic rings. The number of benzene rings is 7. The molecule has 4 heterocycles. The van der Waals surface area contributed by atoms with Gasteiger partial charge in [0.25, 0.3) is 0 Å². The Hall–Kier alpha value is -8.30. The summed E-state index contributed by atoms with van der Waals surface area (Å²) < 4.78 is 4.68. The van der Waals surface area contributed by atoms with Crippen LogP contribution in [0, 0.1) is 0 Å². The van der Waals surface area contributed by atoms with Gasteiger partial charge in [0.15, 0.2) is 11.6 Å². The quantitative estimate of drug-likeness (QED) is 0.152. The van der Waals surface area contributed by atoms with E-state index in [4.69, 9.17) is 0 Å². The van der Waals surface area contributed by atoms with Gasteiger partial charge in [-0.2, -0.15) is 0 Å². The Morgan fingerprint density at radius 1 is 0.373 bits per heavy atom. The molecule has 0 radical (unpaired) electrons. The Kier molecular flexibility index (Phi) is 8.25. The summed E-state index contributed by atoms with van der Waals surface area (Å²) in [7, 11) is 0. The van der Waals surface area contributed by atoms with E-state index in [0.717, 1.165) is 50.7 Å². The van der Waals surface area contributed by atoms with Crippen LogP contribution in [-0.2, 0) is 0 Å². The molecule has 4 aromatic heterocycles. The van der Waals surface area contributed by atoms with Gasteiger partial charge in [-0.25, -0.2) is 29.9 Å². The first kappa shape index (κ1) is 34.0. The summed E-state index contributed by atoms with van der Waals surface area (Å²) in [6, 6.07) is 60.1. The van der Waals surface area contributed by atoms with Gasteiger partial charge < -0.3 is 14.0 Å². The second-order valence-electron chi connectivity index (χ2n) is 14.2. The molecule has 9 nitrogen and oxygen atoms in total. The first-order valence-electron chi connectivity index (χ1n) is 19.3. The van der Waals surface area contributed by atoms with E-state index in [9.17, 15) is 0 Å². The zero-order valence-electron chi connectivity index (χ0n) is 31.6. The maximum atomic E-state index is 4.34. The number of para-hydroxylation sites is 2. The molecule has 11 aromatic rings. The highest BCUT2D eigenvalue weighted by Gasteiger charge is 2.19. The van der Waals surface area contributed by atoms with Crippen molar-refractivity contribution in [2.75, 3.05) is 4.90 Å². The highest BCUT2D eigenvalue weighted by atomic mass is 15.1. The normalized spacial score (nSPS) is 11.4. The lowest BCUT2D eigenvalue weighted by Crippen LogP contribution is -2.10. The van der Waals surface area contributed by atoms with Crippen molar-refractivity contribution < 1.29 is 0 Å². The lowest BCUT2D eigenvalue weighted by Gasteiger charge is -2.26. The second-order valence-corrected chi connectivity index (χ2v) is 14.2. The van der Waals surface area contributed by atoms with Crippen LogP contribution in [0.3, 0.4) is 0 Å². The SMILES string of the molecule is c1ccc(-n2ccc3c2ccc2c4cc(-c5ccc(N(c6ccc(-c7ncncn7)cc6)c6ccc(-c7ncncn7)cc6)cc5)ccc4n(-c4ccccc4)c23)cc1. The van der Waals surface area contributed by atoms with Gasteiger partial charge in [-0.1, -0.05) is 60.7 Å². The molecule has 0 unspecified atom stereocenters. The van der Waals surface area contributed by atoms with Crippen molar-refractivity contribution >= 4 is 49.8 Å². The summed E-state index contributed by atoms with van der Waals surface area (Å²) in [6.07, 6.45) is 8.23. The summed E-state index contributed by atoms with van der Waals surface area (Å²) >= 11 is 0. The number of rotatable bonds is 8. The van der Waals surface area contributed by atoms with Crippen molar-refractivity contribution in [1.82, 2.24) is 39.0 Å². The fourth-order valence-electron chi connectivity index (χ4n) is 8.11. The average Bonchev–Trinajstić information content (AvgIpc) is 3.90. The Bertz CT molecular complexity index is 3140. The molecule has 59 heavy (non-hydrogen) atoms. The molecule has 0 saturated heterocycles. The Morgan fingerprint density at radius 2 is 0.864 bits per heavy atom. The lowest BCUT2D eigenvalue weighted by molar-refractivity contribution is 1.06. The fourth-order valence-corrected chi connectivity index (χ4v) is 8.11. The number of fused-ring (bicyclic) bond motifs is 5. The van der Waals surface area contributed by atoms with Crippen LogP contribution in [0.5, 0.6) is 0 Å². The topological polar surface area (TPSA) is 90.4 Å². The number of aromatic nitrogens is 8. The van der Waals surface area contributed by atoms with Gasteiger partial charge >= 0.3 is 0 Å². The zero-order chi connectivity index (χ0) is 39.1. The van der Waals surface area contributed by atoms with Crippen molar-refractivity contribution in [2.45, 2.75) is 0 Å². The van der Waals surface area contributed by atoms with Gasteiger partial charge in [0, 0.05) is 61.9 Å². The molecule has 278 valence electrons. The zero-order valence-corrected chi connectivity index (χ0v) is 31.6. The minimum absolute atomic E-state index is 0.628. The minimum Gasteiger partial charge on any atom is -0.316 e. The molecule has 0 N–H and O–H groups in total. The van der Waals surface area contributed by atoms with E-state index >= 15 is 0 Å². The van der Waals surface area contributed by atoms with Crippen LogP contribution in [-0.4, -0.2) is 39.0 Å². The average molecular weight is 760 g/mol. The monoisotopic (exact) mass is 759 g/mol. The van der Waals surface area contributed by atoms with E-state index in [1.54, 1.807) is 0 Å². The van der Waals surface area contributed by atoms with Crippen LogP contribution in [0.1, 0.15) is 0 Å². The molecule has 0 saturated carbocycles. The molecule has 9 heteroatoms. The maximum Gasteiger partial charge on any atom is 0.162 e. The Labute approximate surface area is 339 Å². The van der Waals surface area contributed by atoms with Gasteiger partial charge in [0.05, 0.1) is 16.6 Å². The van der Waals surface area contributed by atoms with Gasteiger partial charge in [0.2, 0.25) is 0 Å². The smallest absolute Gasteiger partial charge is 0.162 e. The van der Waals surface area contributed by atoms with E-state index in [0.29, 0.717) is 11.6 Å². The minimum atomic E-state index is 0.628. The largest absolute Gasteiger partial charge is 0.316 e. The summed E-state index contributed by atoms with van der Waals surface area (Å²) in [5, 5.41) is 3.63. The van der Waals surface area contributed by atoms with Gasteiger partial charge in [-0.15, -0.1) is 0 Å². The van der Waals surface area contributed by atoms with E-state index in [2.05, 4.69) is 196 Å². The van der Waals surface area contributed by atoms with Crippen LogP contribution in [0.15, 0.2) is 201 Å². The standard InChI is InChI=1S/C50H33N9/c1-3-7-38(8-4-1)57-28-27-44-46(57)26-24-43-45-29-37(17-25-47(45)59(48(43)44)39-9-5-2-6-10-39)34-11-18-40(19-12-34)58(41-20-13-35(14-21-41)49-53-30-51-31-54-49)42-22-15-36(16-23-42)50-55-32-52-33-56-50/h1-33H. The third-order valence-corrected chi connectivity index (χ3v) is 10.9. The number of nitrogens with zero attached hydrogens (tertiary/aromatic N) is 9. The van der Waals surface area contributed by atoms with Gasteiger partial charge in [-0.3, -0.25) is 0 Å². The van der Waals surface area contributed by atoms with Gasteiger partial charge in [0.1, 0.15) is 25.3 Å². The third kappa shape index (κ3) is 6.05. The van der Waals surface area contributed by atoms with Crippen LogP contribution < -0.4 is 4.90 Å². The molecule has 0 fully saturated rings. The molecule has 0 atom stereocenters. The summed E-state index contributed by atoms with van der Waals surface area (Å²) in [4.78, 5) is 27.5. The van der Waals surface area contributed by atoms with Crippen LogP contribution >= 0.6 is 0 Å². The van der Waals surface area contributed by atoms with Crippen LogP contribution in [0.2, 0.25) is 0 Å². The molecule has 7 aromatic carbocycles. The predicted octanol–water partition coefficient (Wildman–Crippen LogP) is 11.6. The van der Waals surface area contributed by atoms with E-state index < -0.39 is 0 Å². The van der Waals surface area contributed by atoms with Crippen molar-refractivity contribution in [3.05, 3.63) is 201 Å². The first-order chi connectivity index (χ1) is 29.3. The molecule has 11 rings (SSSR count). The Balaban J connectivity index is 1.00. The Morgan fingerprint density at radius 3 is 1.42 bits per heavy atom. The number of anilines is 3. The number of hydrogen-bond donors (Lipinski definition) is 0. The summed E-state index contributed by atoms with van der Waals surface area (Å²) in [5.41, 5.74) is 12.9. The molecular formula is C50H33N9. The van der Waals surface area contributed by atoms with Crippen molar-refractivity contribution in [3.8, 4) is 45.3 Å². The van der Waals surface area contributed by atoms with E-state index in [1.807, 2.05) is 24.3 Å². The second kappa shape index (κ2) is 14.3. The van der Waals surface area contributed by atoms with Crippen molar-refractivity contribution in [2.24, 2.45) is 0 Å². The maximum absolute atomic E-state index is 4.34. The lowest BCUT2D eigenvalue weighted by atomic mass is 10.0. The van der Waals surface area contributed by atoms with Gasteiger partial charge in [-0.05, 0) is 120 Å². The molecule has 0 aliphatic carbocycles. The molecule has 0 aliphatic heterocycles. The highest BCUT2D eigenvalue weighted by Crippen LogP contribution is 2.41. The van der Waals surface area contributed by atoms with Crippen LogP contribution in [0.4, 0.5) is 17.1 Å². The van der Waals surface area contributed by atoms with Crippen molar-refractivity contribution in [3.63, 3.8) is 0 Å². The molecular weight excluding hydrogens is 727 g/mol. The highest BCUT2D eigenvalue weighted by molar-refractivity contribution is 6.19. The molecule has 0 spiro atoms. The van der Waals surface area contributed by atoms with E-state index in [-0.39, 0.29) is 0 Å². The van der Waals surface area contributed by atoms with Crippen molar-refractivity contribution in [1.29, 1.82) is 0 Å². The predicted molar refractivity (Wildman–Crippen MR) is 235 cm³/mol. The number of hydrogen-bond acceptors (Lipinski definition) is 7. The van der Waals surface area contributed by atoms with E-state index in [1.165, 1.54) is 58.0 Å². The fraction of sp³-hybridized carbons (Fsp3) is 0.